The van der Waals surface area contributed by atoms with E-state index in [0.717, 1.165) is 20.8 Å². The summed E-state index contributed by atoms with van der Waals surface area (Å²) in [7, 11) is 0. The Morgan fingerprint density at radius 3 is 1.53 bits per heavy atom. The summed E-state index contributed by atoms with van der Waals surface area (Å²) < 4.78 is 80.8. The van der Waals surface area contributed by atoms with Crippen LogP contribution in [-0.4, -0.2) is 40.4 Å². The van der Waals surface area contributed by atoms with E-state index in [2.05, 4.69) is 4.74 Å². The van der Waals surface area contributed by atoms with Crippen LogP contribution in [0.1, 0.15) is 20.8 Å². The maximum atomic E-state index is 13.0. The second kappa shape index (κ2) is 4.57. The molecule has 0 aliphatic rings. The number of halogens is 6. The molecule has 0 aromatic carbocycles. The molecule has 0 bridgehead atoms. The first kappa shape index (κ1) is 17.5. The highest BCUT2D eigenvalue weighted by Gasteiger charge is 2.79. The summed E-state index contributed by atoms with van der Waals surface area (Å²) in [6.07, 6.45) is 0. The lowest BCUT2D eigenvalue weighted by molar-refractivity contribution is -0.302. The highest BCUT2D eigenvalue weighted by molar-refractivity contribution is 5.84. The lowest BCUT2D eigenvalue weighted by atomic mass is 10.0. The summed E-state index contributed by atoms with van der Waals surface area (Å²) in [4.78, 5) is 20.7. The summed E-state index contributed by atoms with van der Waals surface area (Å²) in [6, 6.07) is 0. The van der Waals surface area contributed by atoms with Gasteiger partial charge in [-0.3, -0.25) is 0 Å². The van der Waals surface area contributed by atoms with Crippen LogP contribution in [0.3, 0.4) is 0 Å². The number of rotatable bonds is 4. The molecule has 0 unspecified atom stereocenters. The van der Waals surface area contributed by atoms with Crippen LogP contribution < -0.4 is 0 Å². The highest BCUT2D eigenvalue weighted by Crippen LogP contribution is 2.46. The molecule has 0 aromatic heterocycles. The Labute approximate surface area is 103 Å². The Bertz CT molecular complexity index is 385. The Kier molecular flexibility index (Phi) is 4.21. The number of carboxylic acids is 1. The van der Waals surface area contributed by atoms with Crippen molar-refractivity contribution in [1.82, 2.24) is 0 Å². The fourth-order valence-corrected chi connectivity index (χ4v) is 0.802. The zero-order valence-electron chi connectivity index (χ0n) is 9.94. The van der Waals surface area contributed by atoms with Gasteiger partial charge in [0.1, 0.15) is 5.60 Å². The van der Waals surface area contributed by atoms with Gasteiger partial charge in [0.2, 0.25) is 0 Å². The second-order valence-corrected chi connectivity index (χ2v) is 4.53. The van der Waals surface area contributed by atoms with E-state index in [-0.39, 0.29) is 0 Å². The van der Waals surface area contributed by atoms with E-state index in [4.69, 9.17) is 5.11 Å². The van der Waals surface area contributed by atoms with Crippen molar-refractivity contribution in [2.24, 2.45) is 0 Å². The van der Waals surface area contributed by atoms with Crippen LogP contribution in [0, 0.1) is 0 Å². The van der Waals surface area contributed by atoms with Crippen molar-refractivity contribution in [2.45, 2.75) is 44.1 Å². The number of hydrogen-bond acceptors (Lipinski definition) is 3. The fraction of sp³-hybridized carbons (Fsp3) is 0.778. The number of carboxylic acid groups (broad SMARTS) is 1. The third kappa shape index (κ3) is 3.10. The average Bonchev–Trinajstić information content (AvgIpc) is 2.13. The third-order valence-corrected chi connectivity index (χ3v) is 1.71. The van der Waals surface area contributed by atoms with E-state index in [0.29, 0.717) is 0 Å². The Morgan fingerprint density at radius 2 is 1.26 bits per heavy atom. The summed E-state index contributed by atoms with van der Waals surface area (Å²) in [5.74, 6) is -25.0. The molecule has 0 radical (unpaired) electrons. The smallest absolute Gasteiger partial charge is 0.411 e. The molecule has 0 heterocycles. The largest absolute Gasteiger partial charge is 0.477 e. The van der Waals surface area contributed by atoms with Crippen molar-refractivity contribution in [2.75, 3.05) is 0 Å². The fourth-order valence-electron chi connectivity index (χ4n) is 0.802. The van der Waals surface area contributed by atoms with Crippen molar-refractivity contribution in [3.8, 4) is 0 Å². The SMILES string of the molecule is CC(C)(C)OC(=O)C(F)(F)C(F)(F)C(F)(F)C(=O)O. The molecular formula is C9H10F6O4. The molecule has 19 heavy (non-hydrogen) atoms. The minimum Gasteiger partial charge on any atom is -0.477 e. The number of esters is 1. The molecule has 0 aromatic rings. The Balaban J connectivity index is 5.52. The molecule has 112 valence electrons. The van der Waals surface area contributed by atoms with E-state index in [1.54, 1.807) is 0 Å². The third-order valence-electron chi connectivity index (χ3n) is 1.71. The number of carbonyl (C=O) groups is 2. The molecule has 0 spiro atoms. The van der Waals surface area contributed by atoms with Crippen LogP contribution in [0.25, 0.3) is 0 Å². The van der Waals surface area contributed by atoms with Crippen LogP contribution in [-0.2, 0) is 14.3 Å². The lowest BCUT2D eigenvalue weighted by Gasteiger charge is -2.30. The molecule has 4 nitrogen and oxygen atoms in total. The van der Waals surface area contributed by atoms with E-state index < -0.39 is 35.3 Å². The predicted molar refractivity (Wildman–Crippen MR) is 48.3 cm³/mol. The van der Waals surface area contributed by atoms with Crippen LogP contribution in [0.5, 0.6) is 0 Å². The van der Waals surface area contributed by atoms with E-state index in [9.17, 15) is 35.9 Å². The van der Waals surface area contributed by atoms with Gasteiger partial charge in [-0.15, -0.1) is 0 Å². The van der Waals surface area contributed by atoms with Crippen LogP contribution in [0.15, 0.2) is 0 Å². The molecule has 0 saturated heterocycles. The zero-order chi connectivity index (χ0) is 15.9. The van der Waals surface area contributed by atoms with E-state index in [1.807, 2.05) is 0 Å². The summed E-state index contributed by atoms with van der Waals surface area (Å²) in [6.45, 7) is 3.11. The summed E-state index contributed by atoms with van der Waals surface area (Å²) in [5, 5.41) is 7.84. The van der Waals surface area contributed by atoms with Crippen molar-refractivity contribution >= 4 is 11.9 Å². The van der Waals surface area contributed by atoms with Crippen molar-refractivity contribution < 1.29 is 45.8 Å². The van der Waals surface area contributed by atoms with Crippen LogP contribution in [0.4, 0.5) is 26.3 Å². The molecular weight excluding hydrogens is 286 g/mol. The van der Waals surface area contributed by atoms with E-state index in [1.165, 1.54) is 0 Å². The molecule has 0 atom stereocenters. The maximum absolute atomic E-state index is 13.0. The van der Waals surface area contributed by atoms with Crippen LogP contribution >= 0.6 is 0 Å². The summed E-state index contributed by atoms with van der Waals surface area (Å²) >= 11 is 0. The van der Waals surface area contributed by atoms with Gasteiger partial charge in [-0.2, -0.15) is 26.3 Å². The minimum atomic E-state index is -6.44. The second-order valence-electron chi connectivity index (χ2n) is 4.53. The van der Waals surface area contributed by atoms with Gasteiger partial charge in [-0.25, -0.2) is 9.59 Å². The van der Waals surface area contributed by atoms with Crippen molar-refractivity contribution in [3.63, 3.8) is 0 Å². The van der Waals surface area contributed by atoms with E-state index >= 15 is 0 Å². The monoisotopic (exact) mass is 296 g/mol. The quantitative estimate of drug-likeness (QED) is 0.639. The highest BCUT2D eigenvalue weighted by atomic mass is 19.3. The zero-order valence-corrected chi connectivity index (χ0v) is 9.94. The first-order valence-corrected chi connectivity index (χ1v) is 4.67. The molecule has 0 fully saturated rings. The van der Waals surface area contributed by atoms with Gasteiger partial charge in [-0.1, -0.05) is 0 Å². The Hall–Kier alpha value is -1.48. The molecule has 1 N–H and O–H groups in total. The number of aliphatic carboxylic acids is 1. The van der Waals surface area contributed by atoms with Gasteiger partial charge in [0, 0.05) is 0 Å². The Morgan fingerprint density at radius 1 is 0.895 bits per heavy atom. The standard InChI is InChI=1S/C9H10F6O4/c1-6(2,3)19-5(18)8(12,13)9(14,15)7(10,11)4(16)17/h1-3H3,(H,16,17). The number of hydrogen-bond donors (Lipinski definition) is 1. The van der Waals surface area contributed by atoms with Crippen molar-refractivity contribution in [1.29, 1.82) is 0 Å². The molecule has 0 aliphatic heterocycles. The topological polar surface area (TPSA) is 63.6 Å². The molecule has 0 rings (SSSR count). The van der Waals surface area contributed by atoms with Crippen molar-refractivity contribution in [3.05, 3.63) is 0 Å². The maximum Gasteiger partial charge on any atom is 0.411 e. The van der Waals surface area contributed by atoms with Gasteiger partial charge < -0.3 is 9.84 Å². The van der Waals surface area contributed by atoms with Gasteiger partial charge in [0.05, 0.1) is 0 Å². The minimum absolute atomic E-state index is 1.04. The number of alkyl halides is 6. The van der Waals surface area contributed by atoms with Gasteiger partial charge >= 0.3 is 29.7 Å². The first-order valence-electron chi connectivity index (χ1n) is 4.67. The number of ether oxygens (including phenoxy) is 1. The lowest BCUT2D eigenvalue weighted by Crippen LogP contribution is -2.61. The molecule has 0 amide bonds. The molecule has 10 heteroatoms. The van der Waals surface area contributed by atoms with Gasteiger partial charge in [0.25, 0.3) is 0 Å². The summed E-state index contributed by atoms with van der Waals surface area (Å²) in [5.41, 5.74) is -1.64. The van der Waals surface area contributed by atoms with Gasteiger partial charge in [-0.05, 0) is 20.8 Å². The first-order chi connectivity index (χ1) is 8.07. The normalized spacial score (nSPS) is 14.2. The average molecular weight is 296 g/mol. The number of carbonyl (C=O) groups excluding carboxylic acids is 1. The molecule has 0 aliphatic carbocycles. The predicted octanol–water partition coefficient (Wildman–Crippen LogP) is 2.32. The molecule has 0 saturated carbocycles. The van der Waals surface area contributed by atoms with Crippen LogP contribution in [0.2, 0.25) is 0 Å². The van der Waals surface area contributed by atoms with Gasteiger partial charge in [0.15, 0.2) is 0 Å².